The zero-order chi connectivity index (χ0) is 18.6. The SMILES string of the molecule is CN(CC(=O)n1ccccc1=NC1CCCCC1)S(=O)(=O)c1cccs1. The maximum Gasteiger partial charge on any atom is 0.252 e. The van der Waals surface area contributed by atoms with Crippen LogP contribution in [0.5, 0.6) is 0 Å². The lowest BCUT2D eigenvalue weighted by molar-refractivity contribution is 0.0886. The van der Waals surface area contributed by atoms with Crippen molar-refractivity contribution in [2.75, 3.05) is 13.6 Å². The molecule has 1 fully saturated rings. The van der Waals surface area contributed by atoms with Gasteiger partial charge in [0.1, 0.15) is 9.70 Å². The van der Waals surface area contributed by atoms with Crippen molar-refractivity contribution < 1.29 is 13.2 Å². The number of carbonyl (C=O) groups excluding carboxylic acids is 1. The number of rotatable bonds is 5. The van der Waals surface area contributed by atoms with Gasteiger partial charge in [0, 0.05) is 13.2 Å². The van der Waals surface area contributed by atoms with Gasteiger partial charge in [0.25, 0.3) is 10.0 Å². The molecule has 0 amide bonds. The number of thiophene rings is 1. The minimum absolute atomic E-state index is 0.234. The molecule has 8 heteroatoms. The normalized spacial score (nSPS) is 16.9. The van der Waals surface area contributed by atoms with Gasteiger partial charge in [0.05, 0.1) is 12.6 Å². The average molecular weight is 394 g/mol. The third kappa shape index (κ3) is 4.31. The third-order valence-electron chi connectivity index (χ3n) is 4.51. The van der Waals surface area contributed by atoms with Crippen LogP contribution in [0.3, 0.4) is 0 Å². The Morgan fingerprint density at radius 1 is 1.23 bits per heavy atom. The molecule has 0 aromatic carbocycles. The van der Waals surface area contributed by atoms with Crippen molar-refractivity contribution in [2.45, 2.75) is 42.4 Å². The summed E-state index contributed by atoms with van der Waals surface area (Å²) in [5.41, 5.74) is 0.589. The predicted octanol–water partition coefficient (Wildman–Crippen LogP) is 2.74. The number of carbonyl (C=O) groups is 1. The molecule has 1 aliphatic carbocycles. The molecule has 1 saturated carbocycles. The number of nitrogens with zero attached hydrogens (tertiary/aromatic N) is 3. The molecule has 6 nitrogen and oxygen atoms in total. The first kappa shape index (κ1) is 19.0. The van der Waals surface area contributed by atoms with Gasteiger partial charge in [-0.25, -0.2) is 8.42 Å². The van der Waals surface area contributed by atoms with Crippen molar-refractivity contribution in [2.24, 2.45) is 4.99 Å². The van der Waals surface area contributed by atoms with E-state index in [4.69, 9.17) is 4.99 Å². The lowest BCUT2D eigenvalue weighted by atomic mass is 9.96. The molecule has 0 unspecified atom stereocenters. The zero-order valence-corrected chi connectivity index (χ0v) is 16.4. The number of aromatic nitrogens is 1. The summed E-state index contributed by atoms with van der Waals surface area (Å²) >= 11 is 1.14. The quantitative estimate of drug-likeness (QED) is 0.784. The first-order valence-corrected chi connectivity index (χ1v) is 11.0. The molecule has 2 aromatic heterocycles. The van der Waals surface area contributed by atoms with Gasteiger partial charge in [-0.15, -0.1) is 11.3 Å². The molecule has 0 saturated heterocycles. The van der Waals surface area contributed by atoms with Crippen LogP contribution in [-0.4, -0.2) is 42.8 Å². The Balaban J connectivity index is 1.81. The first-order chi connectivity index (χ1) is 12.5. The molecule has 26 heavy (non-hydrogen) atoms. The van der Waals surface area contributed by atoms with Crippen molar-refractivity contribution in [3.8, 4) is 0 Å². The van der Waals surface area contributed by atoms with Gasteiger partial charge in [-0.05, 0) is 36.4 Å². The van der Waals surface area contributed by atoms with Crippen molar-refractivity contribution in [3.05, 3.63) is 47.4 Å². The highest BCUT2D eigenvalue weighted by Gasteiger charge is 2.24. The lowest BCUT2D eigenvalue weighted by Crippen LogP contribution is -2.38. The van der Waals surface area contributed by atoms with Crippen LogP contribution in [0.15, 0.2) is 51.1 Å². The number of hydrogen-bond acceptors (Lipinski definition) is 5. The maximum absolute atomic E-state index is 12.7. The van der Waals surface area contributed by atoms with Crippen molar-refractivity contribution in [1.29, 1.82) is 0 Å². The van der Waals surface area contributed by atoms with E-state index in [0.717, 1.165) is 41.3 Å². The van der Waals surface area contributed by atoms with Crippen LogP contribution in [-0.2, 0) is 10.0 Å². The number of pyridine rings is 1. The van der Waals surface area contributed by atoms with E-state index < -0.39 is 10.0 Å². The topological polar surface area (TPSA) is 71.7 Å². The Hall–Kier alpha value is -1.77. The Kier molecular flexibility index (Phi) is 6.05. The molecule has 1 aliphatic rings. The second-order valence-corrected chi connectivity index (χ2v) is 9.66. The van der Waals surface area contributed by atoms with Gasteiger partial charge in [-0.2, -0.15) is 4.31 Å². The summed E-state index contributed by atoms with van der Waals surface area (Å²) in [4.78, 5) is 17.5. The fraction of sp³-hybridized carbons (Fsp3) is 0.444. The molecule has 0 aliphatic heterocycles. The second-order valence-electron chi connectivity index (χ2n) is 6.44. The second kappa shape index (κ2) is 8.28. The first-order valence-electron chi connectivity index (χ1n) is 8.73. The number of likely N-dealkylation sites (N-methyl/N-ethyl adjacent to an activating group) is 1. The summed E-state index contributed by atoms with van der Waals surface area (Å²) in [6, 6.07) is 8.86. The largest absolute Gasteiger partial charge is 0.273 e. The average Bonchev–Trinajstić information content (AvgIpc) is 3.18. The highest BCUT2D eigenvalue weighted by Crippen LogP contribution is 2.20. The third-order valence-corrected chi connectivity index (χ3v) is 7.69. The van der Waals surface area contributed by atoms with E-state index in [-0.39, 0.29) is 22.7 Å². The standard InChI is InChI=1S/C18H23N3O3S2/c1-20(26(23,24)18-11-7-13-25-18)14-17(22)21-12-6-5-10-16(21)19-15-8-3-2-4-9-15/h5-7,10-13,15H,2-4,8-9,14H2,1H3. The minimum atomic E-state index is -3.65. The summed E-state index contributed by atoms with van der Waals surface area (Å²) in [6.45, 7) is -0.234. The van der Waals surface area contributed by atoms with E-state index in [9.17, 15) is 13.2 Å². The molecular weight excluding hydrogens is 370 g/mol. The van der Waals surface area contributed by atoms with Crippen LogP contribution in [0, 0.1) is 0 Å². The van der Waals surface area contributed by atoms with Crippen molar-refractivity contribution >= 4 is 27.3 Å². The van der Waals surface area contributed by atoms with Crippen LogP contribution in [0.2, 0.25) is 0 Å². The molecule has 0 spiro atoms. The van der Waals surface area contributed by atoms with Gasteiger partial charge in [0.15, 0.2) is 0 Å². The predicted molar refractivity (Wildman–Crippen MR) is 102 cm³/mol. The Bertz CT molecular complexity index is 911. The number of hydrogen-bond donors (Lipinski definition) is 0. The Labute approximate surface area is 157 Å². The molecular formula is C18H23N3O3S2. The van der Waals surface area contributed by atoms with Crippen LogP contribution in [0.1, 0.15) is 36.9 Å². The van der Waals surface area contributed by atoms with E-state index in [0.29, 0.717) is 5.49 Å². The van der Waals surface area contributed by atoms with Gasteiger partial charge in [-0.1, -0.05) is 31.4 Å². The van der Waals surface area contributed by atoms with E-state index in [1.165, 1.54) is 18.0 Å². The van der Waals surface area contributed by atoms with Crippen molar-refractivity contribution in [3.63, 3.8) is 0 Å². The van der Waals surface area contributed by atoms with E-state index >= 15 is 0 Å². The molecule has 0 atom stereocenters. The van der Waals surface area contributed by atoms with E-state index in [2.05, 4.69) is 0 Å². The smallest absolute Gasteiger partial charge is 0.252 e. The molecule has 2 heterocycles. The summed E-state index contributed by atoms with van der Waals surface area (Å²) < 4.78 is 27.8. The zero-order valence-electron chi connectivity index (χ0n) is 14.7. The molecule has 2 aromatic rings. The van der Waals surface area contributed by atoms with Crippen LogP contribution < -0.4 is 5.49 Å². The van der Waals surface area contributed by atoms with Crippen molar-refractivity contribution in [1.82, 2.24) is 8.87 Å². The molecule has 140 valence electrons. The fourth-order valence-corrected chi connectivity index (χ4v) is 5.38. The molecule has 0 bridgehead atoms. The minimum Gasteiger partial charge on any atom is -0.273 e. The Morgan fingerprint density at radius 3 is 2.69 bits per heavy atom. The summed E-state index contributed by atoms with van der Waals surface area (Å²) in [7, 11) is -2.23. The lowest BCUT2D eigenvalue weighted by Gasteiger charge is -2.19. The van der Waals surface area contributed by atoms with Gasteiger partial charge < -0.3 is 0 Å². The fourth-order valence-electron chi connectivity index (χ4n) is 3.06. The maximum atomic E-state index is 12.7. The molecule has 0 N–H and O–H groups in total. The van der Waals surface area contributed by atoms with Gasteiger partial charge in [-0.3, -0.25) is 14.4 Å². The van der Waals surface area contributed by atoms with Crippen LogP contribution >= 0.6 is 11.3 Å². The summed E-state index contributed by atoms with van der Waals surface area (Å²) in [5, 5.41) is 1.70. The Morgan fingerprint density at radius 2 is 2.00 bits per heavy atom. The van der Waals surface area contributed by atoms with Crippen LogP contribution in [0.4, 0.5) is 0 Å². The van der Waals surface area contributed by atoms with Crippen LogP contribution in [0.25, 0.3) is 0 Å². The highest BCUT2D eigenvalue weighted by molar-refractivity contribution is 7.91. The molecule has 0 radical (unpaired) electrons. The van der Waals surface area contributed by atoms with Gasteiger partial charge >= 0.3 is 0 Å². The summed E-state index contributed by atoms with van der Waals surface area (Å²) in [6.07, 6.45) is 7.29. The molecule has 3 rings (SSSR count). The summed E-state index contributed by atoms with van der Waals surface area (Å²) in [5.74, 6) is -0.317. The van der Waals surface area contributed by atoms with E-state index in [1.807, 2.05) is 6.07 Å². The number of sulfonamides is 1. The van der Waals surface area contributed by atoms with Gasteiger partial charge in [0.2, 0.25) is 5.91 Å². The van der Waals surface area contributed by atoms with E-state index in [1.54, 1.807) is 35.8 Å². The highest BCUT2D eigenvalue weighted by atomic mass is 32.2. The monoisotopic (exact) mass is 393 g/mol.